The molecule has 158 valence electrons. The average molecular weight is 402 g/mol. The van der Waals surface area contributed by atoms with Crippen molar-refractivity contribution in [2.24, 2.45) is 0 Å². The number of methoxy groups -OCH3 is 1. The van der Waals surface area contributed by atoms with E-state index in [9.17, 15) is 14.4 Å². The fraction of sp³-hybridized carbons (Fsp3) is 0.571. The first kappa shape index (κ1) is 21.1. The van der Waals surface area contributed by atoms with Crippen molar-refractivity contribution >= 4 is 29.1 Å². The van der Waals surface area contributed by atoms with Crippen molar-refractivity contribution in [1.29, 1.82) is 0 Å². The molecule has 0 radical (unpaired) electrons. The number of ether oxygens (including phenoxy) is 1. The minimum atomic E-state index is -0.243. The van der Waals surface area contributed by atoms with Gasteiger partial charge in [0.15, 0.2) is 0 Å². The summed E-state index contributed by atoms with van der Waals surface area (Å²) < 4.78 is 4.99. The minimum Gasteiger partial charge on any atom is -0.385 e. The molecular weight excluding hydrogens is 372 g/mol. The van der Waals surface area contributed by atoms with E-state index in [2.05, 4.69) is 10.2 Å². The molecule has 1 aromatic rings. The molecule has 0 bridgehead atoms. The molecule has 2 heterocycles. The van der Waals surface area contributed by atoms with Crippen LogP contribution in [-0.2, 0) is 14.3 Å². The zero-order valence-electron chi connectivity index (χ0n) is 17.4. The van der Waals surface area contributed by atoms with Gasteiger partial charge in [-0.3, -0.25) is 19.3 Å². The summed E-state index contributed by atoms with van der Waals surface area (Å²) in [7, 11) is 5.01. The molecule has 1 aromatic carbocycles. The highest BCUT2D eigenvalue weighted by molar-refractivity contribution is 6.09. The first-order chi connectivity index (χ1) is 13.9. The van der Waals surface area contributed by atoms with E-state index < -0.39 is 0 Å². The number of rotatable bonds is 7. The van der Waals surface area contributed by atoms with Crippen molar-refractivity contribution < 1.29 is 19.1 Å². The highest BCUT2D eigenvalue weighted by Crippen LogP contribution is 2.40. The molecule has 1 N–H and O–H groups in total. The Kier molecular flexibility index (Phi) is 6.74. The number of amides is 3. The Morgan fingerprint density at radius 2 is 2.03 bits per heavy atom. The van der Waals surface area contributed by atoms with E-state index in [1.807, 2.05) is 6.07 Å². The summed E-state index contributed by atoms with van der Waals surface area (Å²) >= 11 is 0. The van der Waals surface area contributed by atoms with Gasteiger partial charge in [0.2, 0.25) is 11.8 Å². The summed E-state index contributed by atoms with van der Waals surface area (Å²) in [5.41, 5.74) is 2.05. The van der Waals surface area contributed by atoms with Crippen LogP contribution < -0.4 is 15.1 Å². The van der Waals surface area contributed by atoms with E-state index in [1.54, 1.807) is 38.2 Å². The summed E-state index contributed by atoms with van der Waals surface area (Å²) in [6, 6.07) is 5.19. The highest BCUT2D eigenvalue weighted by Gasteiger charge is 2.40. The average Bonchev–Trinajstić information content (AvgIpc) is 2.73. The molecule has 2 aliphatic rings. The number of benzene rings is 1. The van der Waals surface area contributed by atoms with Crippen molar-refractivity contribution in [2.45, 2.75) is 31.7 Å². The fourth-order valence-corrected chi connectivity index (χ4v) is 3.96. The van der Waals surface area contributed by atoms with Crippen molar-refractivity contribution in [3.05, 3.63) is 23.8 Å². The zero-order chi connectivity index (χ0) is 21.0. The first-order valence-corrected chi connectivity index (χ1v) is 10.1. The molecule has 0 spiro atoms. The van der Waals surface area contributed by atoms with Crippen molar-refractivity contribution in [2.75, 3.05) is 57.2 Å². The number of anilines is 2. The van der Waals surface area contributed by atoms with Crippen LogP contribution >= 0.6 is 0 Å². The molecule has 8 nitrogen and oxygen atoms in total. The van der Waals surface area contributed by atoms with Gasteiger partial charge in [-0.05, 0) is 43.9 Å². The summed E-state index contributed by atoms with van der Waals surface area (Å²) in [6.45, 7) is 1.82. The number of nitrogens with zero attached hydrogens (tertiary/aromatic N) is 3. The number of fused-ring (bicyclic) bond motifs is 3. The summed E-state index contributed by atoms with van der Waals surface area (Å²) in [4.78, 5) is 43.3. The summed E-state index contributed by atoms with van der Waals surface area (Å²) in [5, 5.41) is 2.84. The normalized spacial score (nSPS) is 18.2. The molecule has 1 saturated heterocycles. The molecule has 0 aromatic heterocycles. The fourth-order valence-electron chi connectivity index (χ4n) is 3.96. The zero-order valence-corrected chi connectivity index (χ0v) is 17.4. The number of carbonyl (C=O) groups is 3. The largest absolute Gasteiger partial charge is 0.385 e. The van der Waals surface area contributed by atoms with Crippen LogP contribution in [0, 0.1) is 0 Å². The van der Waals surface area contributed by atoms with Crippen LogP contribution in [-0.4, -0.2) is 76.1 Å². The van der Waals surface area contributed by atoms with E-state index in [1.165, 1.54) is 4.90 Å². The Balaban J connectivity index is 1.88. The van der Waals surface area contributed by atoms with E-state index in [-0.39, 0.29) is 30.3 Å². The van der Waals surface area contributed by atoms with Crippen molar-refractivity contribution in [3.8, 4) is 0 Å². The number of hydrogen-bond acceptors (Lipinski definition) is 5. The predicted molar refractivity (Wildman–Crippen MR) is 111 cm³/mol. The van der Waals surface area contributed by atoms with E-state index in [4.69, 9.17) is 4.74 Å². The maximum Gasteiger partial charge on any atom is 0.253 e. The van der Waals surface area contributed by atoms with Gasteiger partial charge in [-0.25, -0.2) is 0 Å². The van der Waals surface area contributed by atoms with Crippen LogP contribution in [0.4, 0.5) is 11.4 Å². The Bertz CT molecular complexity index is 780. The molecular formula is C21H30N4O4. The Labute approximate surface area is 171 Å². The third kappa shape index (κ3) is 4.53. The Morgan fingerprint density at radius 1 is 1.24 bits per heavy atom. The van der Waals surface area contributed by atoms with Gasteiger partial charge in [0, 0.05) is 46.5 Å². The Morgan fingerprint density at radius 3 is 2.76 bits per heavy atom. The second kappa shape index (κ2) is 9.26. The molecule has 1 atom stereocenters. The van der Waals surface area contributed by atoms with Gasteiger partial charge in [0.25, 0.3) is 5.91 Å². The molecule has 29 heavy (non-hydrogen) atoms. The maximum atomic E-state index is 13.2. The van der Waals surface area contributed by atoms with Crippen LogP contribution in [0.15, 0.2) is 18.2 Å². The number of carbonyl (C=O) groups excluding carboxylic acids is 3. The molecule has 3 rings (SSSR count). The van der Waals surface area contributed by atoms with Crippen LogP contribution in [0.2, 0.25) is 0 Å². The SMILES string of the molecule is COCCCNC(=O)CN1C(=O)[C@@H]2CCCCN2c2ccc(C(=O)N(C)C)cc21. The van der Waals surface area contributed by atoms with Crippen LogP contribution in [0.25, 0.3) is 0 Å². The van der Waals surface area contributed by atoms with Crippen LogP contribution in [0.1, 0.15) is 36.0 Å². The van der Waals surface area contributed by atoms with Gasteiger partial charge in [0.05, 0.1) is 11.4 Å². The predicted octanol–water partition coefficient (Wildman–Crippen LogP) is 1.25. The van der Waals surface area contributed by atoms with E-state index in [0.717, 1.165) is 31.5 Å². The summed E-state index contributed by atoms with van der Waals surface area (Å²) in [6.07, 6.45) is 3.52. The third-order valence-corrected chi connectivity index (χ3v) is 5.43. The van der Waals surface area contributed by atoms with Gasteiger partial charge >= 0.3 is 0 Å². The smallest absolute Gasteiger partial charge is 0.253 e. The topological polar surface area (TPSA) is 82.2 Å². The lowest BCUT2D eigenvalue weighted by atomic mass is 9.95. The summed E-state index contributed by atoms with van der Waals surface area (Å²) in [5.74, 6) is -0.419. The number of nitrogens with one attached hydrogen (secondary N) is 1. The second-order valence-electron chi connectivity index (χ2n) is 7.73. The van der Waals surface area contributed by atoms with Crippen molar-refractivity contribution in [3.63, 3.8) is 0 Å². The molecule has 2 aliphatic heterocycles. The molecule has 3 amide bonds. The van der Waals surface area contributed by atoms with Gasteiger partial charge in [-0.2, -0.15) is 0 Å². The van der Waals surface area contributed by atoms with Gasteiger partial charge in [-0.15, -0.1) is 0 Å². The Hall–Kier alpha value is -2.61. The third-order valence-electron chi connectivity index (χ3n) is 5.43. The van der Waals surface area contributed by atoms with Crippen molar-refractivity contribution in [1.82, 2.24) is 10.2 Å². The maximum absolute atomic E-state index is 13.2. The van der Waals surface area contributed by atoms with E-state index >= 15 is 0 Å². The van der Waals surface area contributed by atoms with Gasteiger partial charge < -0.3 is 19.9 Å². The lowest BCUT2D eigenvalue weighted by molar-refractivity contribution is -0.125. The standard InChI is InChI=1S/C21H30N4O4/c1-23(2)20(27)15-8-9-16-18(13-15)25(14-19(26)22-10-6-12-29-3)21(28)17-7-4-5-11-24(16)17/h8-9,13,17H,4-7,10-12,14H2,1-3H3,(H,22,26)/t17-/m0/s1. The highest BCUT2D eigenvalue weighted by atomic mass is 16.5. The monoisotopic (exact) mass is 402 g/mol. The minimum absolute atomic E-state index is 0.0528. The molecule has 0 unspecified atom stereocenters. The van der Waals surface area contributed by atoms with Gasteiger partial charge in [0.1, 0.15) is 12.6 Å². The van der Waals surface area contributed by atoms with Crippen LogP contribution in [0.5, 0.6) is 0 Å². The molecule has 0 aliphatic carbocycles. The second-order valence-corrected chi connectivity index (χ2v) is 7.73. The molecule has 1 fully saturated rings. The van der Waals surface area contributed by atoms with Crippen LogP contribution in [0.3, 0.4) is 0 Å². The lowest BCUT2D eigenvalue weighted by Gasteiger charge is -2.45. The lowest BCUT2D eigenvalue weighted by Crippen LogP contribution is -2.57. The number of piperidine rings is 1. The number of hydrogen-bond donors (Lipinski definition) is 1. The van der Waals surface area contributed by atoms with Gasteiger partial charge in [-0.1, -0.05) is 0 Å². The first-order valence-electron chi connectivity index (χ1n) is 10.1. The molecule has 8 heteroatoms. The molecule has 0 saturated carbocycles. The van der Waals surface area contributed by atoms with E-state index in [0.29, 0.717) is 30.8 Å². The quantitative estimate of drug-likeness (QED) is 0.694.